The van der Waals surface area contributed by atoms with E-state index < -0.39 is 31.0 Å². The van der Waals surface area contributed by atoms with Gasteiger partial charge in [0, 0.05) is 6.08 Å². The number of esters is 1. The van der Waals surface area contributed by atoms with Crippen LogP contribution in [0.2, 0.25) is 0 Å². The smallest absolute Gasteiger partial charge is 0.393 e. The lowest BCUT2D eigenvalue weighted by atomic mass is 10.3. The van der Waals surface area contributed by atoms with Crippen LogP contribution in [-0.4, -0.2) is 31.0 Å². The van der Waals surface area contributed by atoms with E-state index in [0.717, 1.165) is 0 Å². The van der Waals surface area contributed by atoms with Gasteiger partial charge in [0.05, 0.1) is 0 Å². The molecule has 0 amide bonds. The minimum absolute atomic E-state index is 0.147. The van der Waals surface area contributed by atoms with Crippen LogP contribution in [0.1, 0.15) is 0 Å². The molecule has 0 aromatic heterocycles. The third-order valence-electron chi connectivity index (χ3n) is 1.24. The molecule has 0 unspecified atom stereocenters. The van der Waals surface area contributed by atoms with Gasteiger partial charge in [0.1, 0.15) is 6.61 Å². The highest BCUT2D eigenvalue weighted by Crippen LogP contribution is 2.37. The summed E-state index contributed by atoms with van der Waals surface area (Å²) in [6.45, 7) is -0.0385. The molecule has 17 heavy (non-hydrogen) atoms. The Morgan fingerprint density at radius 1 is 1.12 bits per heavy atom. The van der Waals surface area contributed by atoms with E-state index in [2.05, 4.69) is 16.1 Å². The van der Waals surface area contributed by atoms with E-state index in [9.17, 15) is 35.5 Å². The Balaban J connectivity index is 4.66. The first kappa shape index (κ1) is 15.7. The normalized spacial score (nSPS) is 13.4. The molecule has 10 heteroatoms. The van der Waals surface area contributed by atoms with E-state index in [-0.39, 0.29) is 6.08 Å². The van der Waals surface area contributed by atoms with Crippen molar-refractivity contribution in [2.24, 2.45) is 0 Å². The van der Waals surface area contributed by atoms with E-state index in [1.807, 2.05) is 0 Å². The maximum absolute atomic E-state index is 12.5. The van der Waals surface area contributed by atoms with Crippen LogP contribution in [-0.2, 0) is 14.3 Å². The van der Waals surface area contributed by atoms with Gasteiger partial charge < -0.3 is 4.74 Å². The second kappa shape index (κ2) is 4.90. The highest BCUT2D eigenvalue weighted by atomic mass is 19.4. The summed E-state index contributed by atoms with van der Waals surface area (Å²) in [4.78, 5) is 10.3. The van der Waals surface area contributed by atoms with Crippen molar-refractivity contribution in [2.75, 3.05) is 6.61 Å². The zero-order valence-electron chi connectivity index (χ0n) is 7.86. The summed E-state index contributed by atoms with van der Waals surface area (Å²) in [5.41, 5.74) is 0. The van der Waals surface area contributed by atoms with Crippen LogP contribution in [0.3, 0.4) is 0 Å². The monoisotopic (exact) mass is 270 g/mol. The second-order valence-corrected chi connectivity index (χ2v) is 2.58. The van der Waals surface area contributed by atoms with Crippen LogP contribution >= 0.6 is 0 Å². The molecule has 0 fully saturated rings. The number of hydrogen-bond acceptors (Lipinski definition) is 3. The van der Waals surface area contributed by atoms with Crippen molar-refractivity contribution in [3.8, 4) is 0 Å². The predicted octanol–water partition coefficient (Wildman–Crippen LogP) is 2.48. The van der Waals surface area contributed by atoms with Crippen molar-refractivity contribution in [2.45, 2.75) is 18.4 Å². The molecular formula is C7H5F7O3. The van der Waals surface area contributed by atoms with Crippen molar-refractivity contribution >= 4 is 5.97 Å². The Labute approximate surface area is 89.8 Å². The zero-order valence-corrected chi connectivity index (χ0v) is 7.86. The SMILES string of the molecule is C=CC(=O)OC(F)(F)C(F)(F)COC(F)(F)F. The van der Waals surface area contributed by atoms with Gasteiger partial charge in [-0.1, -0.05) is 6.58 Å². The lowest BCUT2D eigenvalue weighted by molar-refractivity contribution is -0.384. The second-order valence-electron chi connectivity index (χ2n) is 2.58. The Bertz CT molecular complexity index is 296. The summed E-state index contributed by atoms with van der Waals surface area (Å²) >= 11 is 0. The Morgan fingerprint density at radius 2 is 1.59 bits per heavy atom. The van der Waals surface area contributed by atoms with Crippen molar-refractivity contribution in [1.29, 1.82) is 0 Å². The topological polar surface area (TPSA) is 35.5 Å². The quantitative estimate of drug-likeness (QED) is 0.437. The molecule has 3 nitrogen and oxygen atoms in total. The number of ether oxygens (including phenoxy) is 2. The molecule has 0 aliphatic rings. The largest absolute Gasteiger partial charge is 0.522 e. The van der Waals surface area contributed by atoms with E-state index in [4.69, 9.17) is 0 Å². The number of hydrogen-bond donors (Lipinski definition) is 0. The summed E-state index contributed by atoms with van der Waals surface area (Å²) < 4.78 is 89.7. The van der Waals surface area contributed by atoms with Crippen molar-refractivity contribution in [3.05, 3.63) is 12.7 Å². The Hall–Kier alpha value is -1.32. The first-order chi connectivity index (χ1) is 7.41. The molecule has 0 N–H and O–H groups in total. The number of carbonyl (C=O) groups is 1. The van der Waals surface area contributed by atoms with Gasteiger partial charge >= 0.3 is 24.4 Å². The van der Waals surface area contributed by atoms with Crippen LogP contribution in [0, 0.1) is 0 Å². The lowest BCUT2D eigenvalue weighted by Gasteiger charge is -2.25. The average Bonchev–Trinajstić information content (AvgIpc) is 2.12. The van der Waals surface area contributed by atoms with Gasteiger partial charge in [-0.2, -0.15) is 17.6 Å². The van der Waals surface area contributed by atoms with E-state index in [0.29, 0.717) is 0 Å². The molecule has 0 rings (SSSR count). The van der Waals surface area contributed by atoms with Gasteiger partial charge in [0.2, 0.25) is 0 Å². The summed E-state index contributed by atoms with van der Waals surface area (Å²) in [5.74, 6) is -7.25. The highest BCUT2D eigenvalue weighted by molar-refractivity contribution is 5.81. The molecule has 0 aromatic carbocycles. The van der Waals surface area contributed by atoms with Gasteiger partial charge in [-0.3, -0.25) is 4.74 Å². The summed E-state index contributed by atoms with van der Waals surface area (Å²) in [6.07, 6.45) is -10.8. The zero-order chi connectivity index (χ0) is 13.9. The fraction of sp³-hybridized carbons (Fsp3) is 0.571. The van der Waals surface area contributed by atoms with Gasteiger partial charge in [0.25, 0.3) is 0 Å². The molecule has 0 saturated heterocycles. The van der Waals surface area contributed by atoms with Crippen molar-refractivity contribution in [3.63, 3.8) is 0 Å². The summed E-state index contributed by atoms with van der Waals surface area (Å²) in [6, 6.07) is 0. The Kier molecular flexibility index (Phi) is 4.52. The van der Waals surface area contributed by atoms with Crippen LogP contribution < -0.4 is 0 Å². The molecule has 0 aromatic rings. The minimum atomic E-state index is -5.51. The van der Waals surface area contributed by atoms with Crippen LogP contribution in [0.4, 0.5) is 30.7 Å². The molecular weight excluding hydrogens is 265 g/mol. The fourth-order valence-electron chi connectivity index (χ4n) is 0.499. The maximum atomic E-state index is 12.5. The van der Waals surface area contributed by atoms with Gasteiger partial charge in [0.15, 0.2) is 0 Å². The van der Waals surface area contributed by atoms with Crippen molar-refractivity contribution < 1.29 is 45.0 Å². The number of alkyl halides is 7. The van der Waals surface area contributed by atoms with E-state index >= 15 is 0 Å². The molecule has 0 aliphatic heterocycles. The first-order valence-electron chi connectivity index (χ1n) is 3.73. The molecule has 0 spiro atoms. The Morgan fingerprint density at radius 3 is 1.94 bits per heavy atom. The molecule has 0 heterocycles. The van der Waals surface area contributed by atoms with Gasteiger partial charge in [-0.25, -0.2) is 4.79 Å². The molecule has 100 valence electrons. The van der Waals surface area contributed by atoms with Gasteiger partial charge in [-0.05, 0) is 0 Å². The van der Waals surface area contributed by atoms with E-state index in [1.165, 1.54) is 0 Å². The van der Waals surface area contributed by atoms with Crippen LogP contribution in [0.15, 0.2) is 12.7 Å². The minimum Gasteiger partial charge on any atom is -0.393 e. The molecule has 0 saturated carbocycles. The molecule has 0 aliphatic carbocycles. The predicted molar refractivity (Wildman–Crippen MR) is 38.2 cm³/mol. The number of carbonyl (C=O) groups excluding carboxylic acids is 1. The number of rotatable bonds is 5. The summed E-state index contributed by atoms with van der Waals surface area (Å²) in [7, 11) is 0. The molecule has 0 atom stereocenters. The average molecular weight is 270 g/mol. The van der Waals surface area contributed by atoms with Crippen LogP contribution in [0.5, 0.6) is 0 Å². The van der Waals surface area contributed by atoms with Crippen molar-refractivity contribution in [1.82, 2.24) is 0 Å². The standard InChI is InChI=1S/C7H5F7O3/c1-2-4(15)17-6(10,11)5(8,9)3-16-7(12,13)14/h2H,1,3H2. The maximum Gasteiger partial charge on any atom is 0.522 e. The molecule has 0 bridgehead atoms. The number of halogens is 7. The lowest BCUT2D eigenvalue weighted by Crippen LogP contribution is -2.48. The van der Waals surface area contributed by atoms with E-state index in [1.54, 1.807) is 0 Å². The third-order valence-corrected chi connectivity index (χ3v) is 1.24. The van der Waals surface area contributed by atoms with Crippen LogP contribution in [0.25, 0.3) is 0 Å². The first-order valence-corrected chi connectivity index (χ1v) is 3.73. The molecule has 0 radical (unpaired) electrons. The van der Waals surface area contributed by atoms with Gasteiger partial charge in [-0.15, -0.1) is 13.2 Å². The third kappa shape index (κ3) is 5.02. The summed E-state index contributed by atoms with van der Waals surface area (Å²) in [5, 5.41) is 0. The highest BCUT2D eigenvalue weighted by Gasteiger charge is 2.61. The fourth-order valence-corrected chi connectivity index (χ4v) is 0.499.